The number of carbonyl (C=O) groups is 2. The van der Waals surface area contributed by atoms with Gasteiger partial charge in [0.2, 0.25) is 5.91 Å². The predicted octanol–water partition coefficient (Wildman–Crippen LogP) is 4.31. The normalized spacial score (nSPS) is 16.0. The fourth-order valence-corrected chi connectivity index (χ4v) is 5.69. The van der Waals surface area contributed by atoms with Crippen LogP contribution in [0, 0.1) is 0 Å². The molecule has 4 rings (SSSR count). The number of benzene rings is 1. The van der Waals surface area contributed by atoms with Gasteiger partial charge in [-0.25, -0.2) is 14.8 Å². The third-order valence-corrected chi connectivity index (χ3v) is 7.10. The molecule has 0 bridgehead atoms. The van der Waals surface area contributed by atoms with Gasteiger partial charge >= 0.3 is 5.97 Å². The first-order chi connectivity index (χ1) is 15.1. The van der Waals surface area contributed by atoms with Crippen molar-refractivity contribution in [2.75, 3.05) is 18.9 Å². The summed E-state index contributed by atoms with van der Waals surface area (Å²) < 4.78 is 5.53. The van der Waals surface area contributed by atoms with Gasteiger partial charge in [0.1, 0.15) is 28.0 Å². The molecule has 0 spiro atoms. The number of nitrogens with zero attached hydrogens (tertiary/aromatic N) is 3. The van der Waals surface area contributed by atoms with Gasteiger partial charge in [-0.15, -0.1) is 23.1 Å². The van der Waals surface area contributed by atoms with Crippen LogP contribution >= 0.6 is 23.1 Å². The Labute approximate surface area is 188 Å². The van der Waals surface area contributed by atoms with E-state index in [0.717, 1.165) is 38.5 Å². The average molecular weight is 458 g/mol. The molecule has 31 heavy (non-hydrogen) atoms. The molecule has 1 saturated heterocycles. The van der Waals surface area contributed by atoms with E-state index in [1.807, 2.05) is 31.2 Å². The minimum atomic E-state index is -0.922. The van der Waals surface area contributed by atoms with E-state index in [4.69, 9.17) is 4.74 Å². The molecule has 1 aliphatic heterocycles. The Morgan fingerprint density at radius 3 is 2.84 bits per heavy atom. The summed E-state index contributed by atoms with van der Waals surface area (Å²) in [6, 6.07) is 7.26. The van der Waals surface area contributed by atoms with Crippen LogP contribution in [0.2, 0.25) is 0 Å². The lowest BCUT2D eigenvalue weighted by molar-refractivity contribution is -0.148. The quantitative estimate of drug-likeness (QED) is 0.398. The molecule has 1 amide bonds. The molecule has 9 heteroatoms. The van der Waals surface area contributed by atoms with Gasteiger partial charge in [-0.3, -0.25) is 4.79 Å². The Hall–Kier alpha value is -2.65. The minimum absolute atomic E-state index is 0.111. The van der Waals surface area contributed by atoms with Crippen molar-refractivity contribution >= 4 is 45.2 Å². The molecule has 3 aromatic rings. The number of carboxylic acids is 1. The van der Waals surface area contributed by atoms with Crippen LogP contribution in [0.4, 0.5) is 0 Å². The van der Waals surface area contributed by atoms with Crippen LogP contribution in [0.15, 0.2) is 41.0 Å². The molecule has 0 saturated carbocycles. The summed E-state index contributed by atoms with van der Waals surface area (Å²) in [6.45, 7) is 3.10. The molecule has 1 aliphatic rings. The lowest BCUT2D eigenvalue weighted by atomic mass is 10.1. The SMILES string of the molecule is CCOc1ccc(-c2csc3ncnc(SCCC(=O)N4CCCC4C(=O)O)c23)cc1. The summed E-state index contributed by atoms with van der Waals surface area (Å²) in [5, 5.41) is 13.2. The first-order valence-electron chi connectivity index (χ1n) is 10.2. The highest BCUT2D eigenvalue weighted by atomic mass is 32.2. The molecule has 1 unspecified atom stereocenters. The number of thioether (sulfide) groups is 1. The molecule has 7 nitrogen and oxygen atoms in total. The zero-order chi connectivity index (χ0) is 21.8. The van der Waals surface area contributed by atoms with Crippen molar-refractivity contribution in [3.63, 3.8) is 0 Å². The van der Waals surface area contributed by atoms with Gasteiger partial charge in [0.05, 0.1) is 12.0 Å². The number of ether oxygens (including phenoxy) is 1. The number of carbonyl (C=O) groups excluding carboxylic acids is 1. The number of hydrogen-bond donors (Lipinski definition) is 1. The molecule has 1 fully saturated rings. The van der Waals surface area contributed by atoms with Crippen molar-refractivity contribution in [3.8, 4) is 16.9 Å². The Morgan fingerprint density at radius 1 is 1.29 bits per heavy atom. The number of fused-ring (bicyclic) bond motifs is 1. The highest BCUT2D eigenvalue weighted by molar-refractivity contribution is 7.99. The Bertz CT molecular complexity index is 1080. The molecule has 3 heterocycles. The van der Waals surface area contributed by atoms with Crippen molar-refractivity contribution < 1.29 is 19.4 Å². The Kier molecular flexibility index (Phi) is 6.72. The first kappa shape index (κ1) is 21.6. The molecule has 1 atom stereocenters. The van der Waals surface area contributed by atoms with Gasteiger partial charge in [0, 0.05) is 29.7 Å². The van der Waals surface area contributed by atoms with Crippen molar-refractivity contribution in [1.82, 2.24) is 14.9 Å². The lowest BCUT2D eigenvalue weighted by Gasteiger charge is -2.21. The number of amides is 1. The lowest BCUT2D eigenvalue weighted by Crippen LogP contribution is -2.40. The van der Waals surface area contributed by atoms with Gasteiger partial charge in [0.15, 0.2) is 0 Å². The topological polar surface area (TPSA) is 92.6 Å². The monoisotopic (exact) mass is 457 g/mol. The fourth-order valence-electron chi connectivity index (χ4n) is 3.77. The molecule has 162 valence electrons. The number of aromatic nitrogens is 2. The Morgan fingerprint density at radius 2 is 2.10 bits per heavy atom. The molecular weight excluding hydrogens is 434 g/mol. The maximum atomic E-state index is 12.5. The number of thiophene rings is 1. The van der Waals surface area contributed by atoms with Gasteiger partial charge in [-0.2, -0.15) is 0 Å². The molecule has 1 N–H and O–H groups in total. The summed E-state index contributed by atoms with van der Waals surface area (Å²) in [7, 11) is 0. The second-order valence-corrected chi connectivity index (χ2v) is 9.09. The summed E-state index contributed by atoms with van der Waals surface area (Å²) >= 11 is 3.07. The smallest absolute Gasteiger partial charge is 0.326 e. The number of likely N-dealkylation sites (tertiary alicyclic amines) is 1. The maximum absolute atomic E-state index is 12.5. The van der Waals surface area contributed by atoms with Crippen LogP contribution in [-0.4, -0.2) is 56.8 Å². The zero-order valence-corrected chi connectivity index (χ0v) is 18.7. The molecule has 2 aromatic heterocycles. The van der Waals surface area contributed by atoms with Crippen LogP contribution in [0.25, 0.3) is 21.3 Å². The second kappa shape index (κ2) is 9.65. The van der Waals surface area contributed by atoms with Crippen LogP contribution < -0.4 is 4.74 Å². The van der Waals surface area contributed by atoms with E-state index in [0.29, 0.717) is 25.3 Å². The molecule has 1 aromatic carbocycles. The molecule has 0 radical (unpaired) electrons. The third kappa shape index (κ3) is 4.67. The van der Waals surface area contributed by atoms with E-state index in [1.54, 1.807) is 17.7 Å². The summed E-state index contributed by atoms with van der Waals surface area (Å²) in [5.41, 5.74) is 2.12. The molecular formula is C22H23N3O4S2. The van der Waals surface area contributed by atoms with Gasteiger partial charge in [-0.1, -0.05) is 12.1 Å². The first-order valence-corrected chi connectivity index (χ1v) is 12.1. The summed E-state index contributed by atoms with van der Waals surface area (Å²) in [5.74, 6) is 0.331. The fraction of sp³-hybridized carbons (Fsp3) is 0.364. The van der Waals surface area contributed by atoms with Crippen LogP contribution in [0.5, 0.6) is 5.75 Å². The number of aliphatic carboxylic acids is 1. The standard InChI is InChI=1S/C22H23N3O4S2/c1-2-29-15-7-5-14(6-8-15)16-12-31-21-19(16)20(23-13-24-21)30-11-9-18(26)25-10-3-4-17(25)22(27)28/h5-8,12-13,17H,2-4,9-11H2,1H3,(H,27,28). The van der Waals surface area contributed by atoms with Gasteiger partial charge in [-0.05, 0) is 37.5 Å². The van der Waals surface area contributed by atoms with Crippen molar-refractivity contribution in [2.24, 2.45) is 0 Å². The van der Waals surface area contributed by atoms with Crippen molar-refractivity contribution in [1.29, 1.82) is 0 Å². The van der Waals surface area contributed by atoms with Crippen LogP contribution in [0.1, 0.15) is 26.2 Å². The average Bonchev–Trinajstić information content (AvgIpc) is 3.42. The van der Waals surface area contributed by atoms with E-state index >= 15 is 0 Å². The van der Waals surface area contributed by atoms with Crippen LogP contribution in [0.3, 0.4) is 0 Å². The maximum Gasteiger partial charge on any atom is 0.326 e. The number of carboxylic acid groups (broad SMARTS) is 1. The number of rotatable bonds is 8. The zero-order valence-electron chi connectivity index (χ0n) is 17.1. The summed E-state index contributed by atoms with van der Waals surface area (Å²) in [6.07, 6.45) is 3.10. The van der Waals surface area contributed by atoms with E-state index in [1.165, 1.54) is 16.7 Å². The van der Waals surface area contributed by atoms with E-state index in [-0.39, 0.29) is 12.3 Å². The van der Waals surface area contributed by atoms with Crippen molar-refractivity contribution in [2.45, 2.75) is 37.3 Å². The van der Waals surface area contributed by atoms with E-state index in [9.17, 15) is 14.7 Å². The highest BCUT2D eigenvalue weighted by Gasteiger charge is 2.33. The largest absolute Gasteiger partial charge is 0.494 e. The van der Waals surface area contributed by atoms with E-state index in [2.05, 4.69) is 15.3 Å². The minimum Gasteiger partial charge on any atom is -0.494 e. The molecule has 0 aliphatic carbocycles. The summed E-state index contributed by atoms with van der Waals surface area (Å²) in [4.78, 5) is 35.1. The predicted molar refractivity (Wildman–Crippen MR) is 122 cm³/mol. The highest BCUT2D eigenvalue weighted by Crippen LogP contribution is 2.38. The Balaban J connectivity index is 1.49. The van der Waals surface area contributed by atoms with Gasteiger partial charge in [0.25, 0.3) is 0 Å². The second-order valence-electron chi connectivity index (χ2n) is 7.15. The van der Waals surface area contributed by atoms with E-state index < -0.39 is 12.0 Å². The number of hydrogen-bond acceptors (Lipinski definition) is 7. The van der Waals surface area contributed by atoms with Crippen molar-refractivity contribution in [3.05, 3.63) is 36.0 Å². The van der Waals surface area contributed by atoms with Crippen LogP contribution in [-0.2, 0) is 9.59 Å². The third-order valence-electron chi connectivity index (χ3n) is 5.22. The van der Waals surface area contributed by atoms with Gasteiger partial charge < -0.3 is 14.7 Å².